The molecular formula is C90H74N2. The summed E-state index contributed by atoms with van der Waals surface area (Å²) >= 11 is 0. The van der Waals surface area contributed by atoms with Gasteiger partial charge in [0.1, 0.15) is 0 Å². The average Bonchev–Trinajstić information content (AvgIpc) is 0.670. The number of hydrogen-bond donors (Lipinski definition) is 0. The zero-order valence-corrected chi connectivity index (χ0v) is 53.8. The van der Waals surface area contributed by atoms with E-state index in [1.54, 1.807) is 0 Å². The molecule has 0 spiro atoms. The molecule has 0 aromatic heterocycles. The first-order valence-corrected chi connectivity index (χ1v) is 32.4. The third-order valence-corrected chi connectivity index (χ3v) is 18.9. The maximum absolute atomic E-state index is 2.51. The Kier molecular flexibility index (Phi) is 14.5. The molecule has 0 saturated carbocycles. The maximum Gasteiger partial charge on any atom is 0.0493 e. The molecule has 0 unspecified atom stereocenters. The maximum atomic E-state index is 2.51. The zero-order chi connectivity index (χ0) is 62.8. The Bertz CT molecular complexity index is 4770. The van der Waals surface area contributed by atoms with Crippen molar-refractivity contribution in [1.29, 1.82) is 0 Å². The minimum Gasteiger partial charge on any atom is -0.310 e. The number of rotatable bonds is 12. The SMILES string of the molecule is Cc1ccc(C(C)(C)C)cc1N(c1cccc(-c2ccccc2)c1)c1ccc2c(-c3ccccc3)c3c(c(-c4ccccc4)c2c1)-c1c-3c(-c2ccccc2)c2ccc(N(c3cccc(-c4ccccc4)c3)c3cc(C(C)(C)C)ccc3C)cc2c1-c1ccccc1. The fraction of sp³-hybridized carbons (Fsp3) is 0.111. The van der Waals surface area contributed by atoms with Crippen LogP contribution in [0.25, 0.3) is 111 Å². The van der Waals surface area contributed by atoms with Crippen LogP contribution in [0.1, 0.15) is 63.8 Å². The fourth-order valence-corrected chi connectivity index (χ4v) is 14.2. The summed E-state index contributed by atoms with van der Waals surface area (Å²) in [7, 11) is 0. The predicted molar refractivity (Wildman–Crippen MR) is 395 cm³/mol. The first kappa shape index (κ1) is 57.6. The van der Waals surface area contributed by atoms with Gasteiger partial charge in [0, 0.05) is 34.1 Å². The van der Waals surface area contributed by atoms with E-state index in [0.717, 1.165) is 34.1 Å². The highest BCUT2D eigenvalue weighted by Crippen LogP contribution is 2.66. The highest BCUT2D eigenvalue weighted by Gasteiger charge is 2.39. The molecule has 1 aliphatic rings. The third-order valence-electron chi connectivity index (χ3n) is 18.9. The fourth-order valence-electron chi connectivity index (χ4n) is 14.2. The second-order valence-electron chi connectivity index (χ2n) is 26.9. The molecule has 14 aromatic rings. The van der Waals surface area contributed by atoms with Crippen molar-refractivity contribution in [2.45, 2.75) is 66.2 Å². The standard InChI is InChI=1S/C90H74N2/c1-59-45-47-69(89(3,4)5)55-79(59)91(71-43-27-41-67(53-71)61-29-15-9-16-30-61)73-49-51-75-77(57-73)83(65-37-23-13-24-38-65)87-85(81(75)63-33-19-11-20-34-63)86-82(64-35-21-12-22-36-64)76-52-50-74(58-78(76)84(88(86)87)66-39-25-14-26-40-66)92(80-56-70(90(6,7)8)48-46-60(80)2)72-44-28-42-68(54-72)62-31-17-10-18-32-62/h9-58H,1-8H3. The lowest BCUT2D eigenvalue weighted by atomic mass is 9.65. The normalized spacial score (nSPS) is 11.9. The number of nitrogens with zero attached hydrogens (tertiary/aromatic N) is 2. The van der Waals surface area contributed by atoms with Crippen LogP contribution in [-0.4, -0.2) is 0 Å². The van der Waals surface area contributed by atoms with Gasteiger partial charge in [-0.15, -0.1) is 0 Å². The second-order valence-corrected chi connectivity index (χ2v) is 26.9. The van der Waals surface area contributed by atoms with Crippen molar-refractivity contribution in [2.75, 3.05) is 9.80 Å². The number of anilines is 6. The molecule has 0 bridgehead atoms. The molecule has 444 valence electrons. The van der Waals surface area contributed by atoms with Crippen LogP contribution in [0.2, 0.25) is 0 Å². The molecule has 0 aliphatic heterocycles. The summed E-state index contributed by atoms with van der Waals surface area (Å²) in [6.45, 7) is 18.4. The van der Waals surface area contributed by atoms with Gasteiger partial charge in [-0.25, -0.2) is 0 Å². The lowest BCUT2D eigenvalue weighted by Crippen LogP contribution is -2.16. The smallest absolute Gasteiger partial charge is 0.0493 e. The molecule has 15 rings (SSSR count). The van der Waals surface area contributed by atoms with E-state index in [1.165, 1.54) is 133 Å². The Hall–Kier alpha value is -10.8. The summed E-state index contributed by atoms with van der Waals surface area (Å²) in [5.74, 6) is 0. The predicted octanol–water partition coefficient (Wildman–Crippen LogP) is 25.8. The molecule has 0 atom stereocenters. The van der Waals surface area contributed by atoms with E-state index in [2.05, 4.69) is 369 Å². The van der Waals surface area contributed by atoms with Crippen molar-refractivity contribution >= 4 is 55.7 Å². The van der Waals surface area contributed by atoms with E-state index >= 15 is 0 Å². The Morgan fingerprint density at radius 3 is 0.783 bits per heavy atom. The number of fused-ring (bicyclic) bond motifs is 6. The van der Waals surface area contributed by atoms with Gasteiger partial charge in [-0.3, -0.25) is 0 Å². The number of hydrogen-bond acceptors (Lipinski definition) is 2. The van der Waals surface area contributed by atoms with Crippen molar-refractivity contribution in [1.82, 2.24) is 0 Å². The Morgan fingerprint density at radius 1 is 0.207 bits per heavy atom. The Balaban J connectivity index is 1.07. The summed E-state index contributed by atoms with van der Waals surface area (Å²) in [5, 5.41) is 4.80. The van der Waals surface area contributed by atoms with Gasteiger partial charge < -0.3 is 9.80 Å². The van der Waals surface area contributed by atoms with Gasteiger partial charge in [0.25, 0.3) is 0 Å². The number of aryl methyl sites for hydroxylation is 2. The Labute approximate surface area is 543 Å². The van der Waals surface area contributed by atoms with Crippen LogP contribution in [0.4, 0.5) is 34.1 Å². The molecule has 2 nitrogen and oxygen atoms in total. The van der Waals surface area contributed by atoms with Crippen LogP contribution in [0.5, 0.6) is 0 Å². The monoisotopic (exact) mass is 1180 g/mol. The molecule has 1 aliphatic carbocycles. The van der Waals surface area contributed by atoms with Gasteiger partial charge in [0.15, 0.2) is 0 Å². The highest BCUT2D eigenvalue weighted by molar-refractivity contribution is 6.33. The molecule has 0 amide bonds. The van der Waals surface area contributed by atoms with Gasteiger partial charge >= 0.3 is 0 Å². The molecule has 2 heteroatoms. The lowest BCUT2D eigenvalue weighted by Gasteiger charge is -2.38. The molecule has 0 radical (unpaired) electrons. The minimum atomic E-state index is -0.0772. The minimum absolute atomic E-state index is 0.0772. The van der Waals surface area contributed by atoms with Crippen LogP contribution in [-0.2, 0) is 10.8 Å². The quantitative estimate of drug-likeness (QED) is 0.120. The van der Waals surface area contributed by atoms with Crippen LogP contribution in [0.15, 0.2) is 303 Å². The van der Waals surface area contributed by atoms with Crippen molar-refractivity contribution < 1.29 is 0 Å². The second kappa shape index (κ2) is 23.2. The molecule has 0 N–H and O–H groups in total. The van der Waals surface area contributed by atoms with E-state index in [1.807, 2.05) is 0 Å². The summed E-state index contributed by atoms with van der Waals surface area (Å²) in [6, 6.07) is 113. The van der Waals surface area contributed by atoms with Crippen molar-refractivity contribution in [3.63, 3.8) is 0 Å². The van der Waals surface area contributed by atoms with Gasteiger partial charge in [0.2, 0.25) is 0 Å². The van der Waals surface area contributed by atoms with Gasteiger partial charge in [-0.2, -0.15) is 0 Å². The molecule has 92 heavy (non-hydrogen) atoms. The van der Waals surface area contributed by atoms with Crippen LogP contribution < -0.4 is 9.80 Å². The summed E-state index contributed by atoms with van der Waals surface area (Å²) < 4.78 is 0. The molecule has 0 fully saturated rings. The van der Waals surface area contributed by atoms with Gasteiger partial charge in [0.05, 0.1) is 0 Å². The van der Waals surface area contributed by atoms with E-state index in [4.69, 9.17) is 0 Å². The van der Waals surface area contributed by atoms with E-state index in [0.29, 0.717) is 0 Å². The molecule has 14 aromatic carbocycles. The summed E-state index contributed by atoms with van der Waals surface area (Å²) in [6.07, 6.45) is 0. The van der Waals surface area contributed by atoms with E-state index < -0.39 is 0 Å². The van der Waals surface area contributed by atoms with Gasteiger partial charge in [-0.1, -0.05) is 284 Å². The zero-order valence-electron chi connectivity index (χ0n) is 53.8. The van der Waals surface area contributed by atoms with E-state index in [-0.39, 0.29) is 10.8 Å². The van der Waals surface area contributed by atoms with Crippen LogP contribution in [0.3, 0.4) is 0 Å². The summed E-state index contributed by atoms with van der Waals surface area (Å²) in [4.78, 5) is 5.03. The van der Waals surface area contributed by atoms with Gasteiger partial charge in [-0.05, 0) is 218 Å². The van der Waals surface area contributed by atoms with Crippen molar-refractivity contribution in [3.8, 4) is 89.0 Å². The first-order chi connectivity index (χ1) is 44.8. The molecule has 0 heterocycles. The van der Waals surface area contributed by atoms with Crippen LogP contribution >= 0.6 is 0 Å². The topological polar surface area (TPSA) is 6.48 Å². The third kappa shape index (κ3) is 10.3. The summed E-state index contributed by atoms with van der Waals surface area (Å²) in [5.41, 5.74) is 31.0. The van der Waals surface area contributed by atoms with Crippen molar-refractivity contribution in [2.24, 2.45) is 0 Å². The lowest BCUT2D eigenvalue weighted by molar-refractivity contribution is 0.590. The molecular weight excluding hydrogens is 1110 g/mol. The molecule has 0 saturated heterocycles. The first-order valence-electron chi connectivity index (χ1n) is 32.4. The van der Waals surface area contributed by atoms with Crippen molar-refractivity contribution in [3.05, 3.63) is 326 Å². The van der Waals surface area contributed by atoms with Crippen LogP contribution in [0, 0.1) is 13.8 Å². The number of benzene rings is 14. The average molecular weight is 1180 g/mol. The largest absolute Gasteiger partial charge is 0.310 e. The van der Waals surface area contributed by atoms with E-state index in [9.17, 15) is 0 Å². The highest BCUT2D eigenvalue weighted by atomic mass is 15.2. The Morgan fingerprint density at radius 2 is 0.478 bits per heavy atom.